The Morgan fingerprint density at radius 1 is 0.760 bits per heavy atom. The number of aromatic hydroxyl groups is 1. The van der Waals surface area contributed by atoms with Crippen molar-refractivity contribution in [2.24, 2.45) is 0 Å². The average molecular weight is 332 g/mol. The minimum Gasteiger partial charge on any atom is -0.508 e. The molecular weight excluding hydrogens is 312 g/mol. The number of phenolic OH excluding ortho intramolecular Hbond substituents is 1. The highest BCUT2D eigenvalue weighted by atomic mass is 16.5. The fourth-order valence-corrected chi connectivity index (χ4v) is 2.59. The van der Waals surface area contributed by atoms with Crippen molar-refractivity contribution in [1.29, 1.82) is 0 Å². The highest BCUT2D eigenvalue weighted by Crippen LogP contribution is 2.15. The molecule has 0 aliphatic heterocycles. The summed E-state index contributed by atoms with van der Waals surface area (Å²) in [7, 11) is 0. The van der Waals surface area contributed by atoms with E-state index in [1.165, 1.54) is 5.56 Å². The maximum atomic E-state index is 11.9. The van der Waals surface area contributed by atoms with Crippen molar-refractivity contribution in [2.75, 3.05) is 6.61 Å². The van der Waals surface area contributed by atoms with E-state index in [2.05, 4.69) is 24.3 Å². The van der Waals surface area contributed by atoms with E-state index in [0.29, 0.717) is 18.6 Å². The Kier molecular flexibility index (Phi) is 5.47. The van der Waals surface area contributed by atoms with Gasteiger partial charge in [0.15, 0.2) is 0 Å². The molecule has 0 saturated heterocycles. The van der Waals surface area contributed by atoms with E-state index < -0.39 is 0 Å². The van der Waals surface area contributed by atoms with Gasteiger partial charge in [-0.2, -0.15) is 0 Å². The molecule has 3 nitrogen and oxygen atoms in total. The number of carbonyl (C=O) groups is 1. The molecule has 0 saturated carbocycles. The molecule has 25 heavy (non-hydrogen) atoms. The van der Waals surface area contributed by atoms with Gasteiger partial charge in [0.2, 0.25) is 0 Å². The number of esters is 1. The molecule has 3 rings (SSSR count). The van der Waals surface area contributed by atoms with E-state index in [4.69, 9.17) is 4.74 Å². The monoisotopic (exact) mass is 332 g/mol. The molecule has 0 amide bonds. The van der Waals surface area contributed by atoms with E-state index in [0.717, 1.165) is 17.5 Å². The zero-order valence-corrected chi connectivity index (χ0v) is 13.9. The first-order valence-corrected chi connectivity index (χ1v) is 8.28. The highest BCUT2D eigenvalue weighted by Gasteiger charge is 2.05. The van der Waals surface area contributed by atoms with Crippen LogP contribution in [-0.2, 0) is 17.6 Å². The summed E-state index contributed by atoms with van der Waals surface area (Å²) >= 11 is 0. The standard InChI is InChI=1S/C22H20O3/c23-21-12-10-19(11-13-21)16-18-8-6-17(7-9-18)14-15-25-22(24)20-4-2-1-3-5-20/h1-13,23H,14-16H2. The van der Waals surface area contributed by atoms with Gasteiger partial charge in [0.25, 0.3) is 0 Å². The Morgan fingerprint density at radius 3 is 1.96 bits per heavy atom. The van der Waals surface area contributed by atoms with Crippen molar-refractivity contribution in [3.8, 4) is 5.75 Å². The fraction of sp³-hybridized carbons (Fsp3) is 0.136. The summed E-state index contributed by atoms with van der Waals surface area (Å²) in [6.07, 6.45) is 1.52. The zero-order chi connectivity index (χ0) is 17.5. The molecule has 0 aliphatic carbocycles. The van der Waals surface area contributed by atoms with Crippen LogP contribution in [0, 0.1) is 0 Å². The van der Waals surface area contributed by atoms with Crippen LogP contribution in [0.5, 0.6) is 5.75 Å². The summed E-state index contributed by atoms with van der Waals surface area (Å²) < 4.78 is 5.31. The first-order valence-electron chi connectivity index (χ1n) is 8.28. The number of phenols is 1. The van der Waals surface area contributed by atoms with Crippen LogP contribution in [0.3, 0.4) is 0 Å². The van der Waals surface area contributed by atoms with Crippen molar-refractivity contribution in [2.45, 2.75) is 12.8 Å². The topological polar surface area (TPSA) is 46.5 Å². The smallest absolute Gasteiger partial charge is 0.338 e. The first kappa shape index (κ1) is 16.8. The lowest BCUT2D eigenvalue weighted by Crippen LogP contribution is -2.08. The normalized spacial score (nSPS) is 10.4. The van der Waals surface area contributed by atoms with Crippen molar-refractivity contribution >= 4 is 5.97 Å². The molecule has 0 fully saturated rings. The molecular formula is C22H20O3. The molecule has 0 spiro atoms. The molecule has 0 aliphatic rings. The summed E-state index contributed by atoms with van der Waals surface area (Å²) in [5, 5.41) is 9.32. The molecule has 0 radical (unpaired) electrons. The van der Waals surface area contributed by atoms with Gasteiger partial charge in [0, 0.05) is 6.42 Å². The van der Waals surface area contributed by atoms with Gasteiger partial charge >= 0.3 is 5.97 Å². The Balaban J connectivity index is 1.49. The van der Waals surface area contributed by atoms with Gasteiger partial charge < -0.3 is 9.84 Å². The van der Waals surface area contributed by atoms with Crippen LogP contribution in [0.2, 0.25) is 0 Å². The van der Waals surface area contributed by atoms with E-state index >= 15 is 0 Å². The number of benzene rings is 3. The number of rotatable bonds is 6. The Morgan fingerprint density at radius 2 is 1.32 bits per heavy atom. The Bertz CT molecular complexity index is 806. The lowest BCUT2D eigenvalue weighted by molar-refractivity contribution is 0.0509. The van der Waals surface area contributed by atoms with Gasteiger partial charge in [-0.25, -0.2) is 4.79 Å². The van der Waals surface area contributed by atoms with Crippen LogP contribution in [0.4, 0.5) is 0 Å². The molecule has 3 heteroatoms. The maximum absolute atomic E-state index is 11.9. The fourth-order valence-electron chi connectivity index (χ4n) is 2.59. The summed E-state index contributed by atoms with van der Waals surface area (Å²) in [5.74, 6) is -0.00584. The quantitative estimate of drug-likeness (QED) is 0.681. The average Bonchev–Trinajstić information content (AvgIpc) is 2.66. The third-order valence-electron chi connectivity index (χ3n) is 4.00. The second-order valence-electron chi connectivity index (χ2n) is 5.91. The van der Waals surface area contributed by atoms with Crippen LogP contribution in [-0.4, -0.2) is 17.7 Å². The Hall–Kier alpha value is -3.07. The van der Waals surface area contributed by atoms with Crippen LogP contribution < -0.4 is 0 Å². The molecule has 126 valence electrons. The molecule has 1 N–H and O–H groups in total. The van der Waals surface area contributed by atoms with Crippen molar-refractivity contribution < 1.29 is 14.6 Å². The summed E-state index contributed by atoms with van der Waals surface area (Å²) in [4.78, 5) is 11.9. The molecule has 3 aromatic rings. The lowest BCUT2D eigenvalue weighted by Gasteiger charge is -2.07. The Labute approximate surface area is 147 Å². The van der Waals surface area contributed by atoms with Crippen LogP contribution in [0.15, 0.2) is 78.9 Å². The second kappa shape index (κ2) is 8.15. The number of hydrogen-bond donors (Lipinski definition) is 1. The van der Waals surface area contributed by atoms with Gasteiger partial charge in [-0.1, -0.05) is 54.6 Å². The summed E-state index contributed by atoms with van der Waals surface area (Å²) in [5.41, 5.74) is 4.07. The predicted molar refractivity (Wildman–Crippen MR) is 97.8 cm³/mol. The van der Waals surface area contributed by atoms with Gasteiger partial charge in [0.05, 0.1) is 12.2 Å². The van der Waals surface area contributed by atoms with Gasteiger partial charge in [-0.05, 0) is 47.4 Å². The minimum atomic E-state index is -0.287. The minimum absolute atomic E-state index is 0.282. The number of carbonyl (C=O) groups excluding carboxylic acids is 1. The zero-order valence-electron chi connectivity index (χ0n) is 13.9. The molecule has 0 aromatic heterocycles. The summed E-state index contributed by atoms with van der Waals surface area (Å²) in [6.45, 7) is 0.366. The summed E-state index contributed by atoms with van der Waals surface area (Å²) in [6, 6.07) is 24.6. The second-order valence-corrected chi connectivity index (χ2v) is 5.91. The van der Waals surface area contributed by atoms with Crippen molar-refractivity contribution in [1.82, 2.24) is 0 Å². The molecule has 0 heterocycles. The van der Waals surface area contributed by atoms with Crippen LogP contribution in [0.1, 0.15) is 27.0 Å². The van der Waals surface area contributed by atoms with Gasteiger partial charge in [-0.3, -0.25) is 0 Å². The van der Waals surface area contributed by atoms with E-state index in [9.17, 15) is 9.90 Å². The maximum Gasteiger partial charge on any atom is 0.338 e. The molecule has 0 bridgehead atoms. The number of ether oxygens (including phenoxy) is 1. The lowest BCUT2D eigenvalue weighted by atomic mass is 10.0. The third kappa shape index (κ3) is 4.95. The number of hydrogen-bond acceptors (Lipinski definition) is 3. The highest BCUT2D eigenvalue weighted by molar-refractivity contribution is 5.89. The van der Waals surface area contributed by atoms with Gasteiger partial charge in [-0.15, -0.1) is 0 Å². The molecule has 0 unspecified atom stereocenters. The van der Waals surface area contributed by atoms with E-state index in [1.807, 2.05) is 30.3 Å². The SMILES string of the molecule is O=C(OCCc1ccc(Cc2ccc(O)cc2)cc1)c1ccccc1. The predicted octanol–water partition coefficient (Wildman–Crippen LogP) is 4.38. The van der Waals surface area contributed by atoms with E-state index in [1.54, 1.807) is 24.3 Å². The molecule has 0 atom stereocenters. The van der Waals surface area contributed by atoms with Crippen LogP contribution >= 0.6 is 0 Å². The first-order chi connectivity index (χ1) is 12.2. The molecule has 3 aromatic carbocycles. The third-order valence-corrected chi connectivity index (χ3v) is 4.00. The van der Waals surface area contributed by atoms with E-state index in [-0.39, 0.29) is 11.7 Å². The largest absolute Gasteiger partial charge is 0.508 e. The van der Waals surface area contributed by atoms with Crippen molar-refractivity contribution in [3.63, 3.8) is 0 Å². The van der Waals surface area contributed by atoms with Crippen molar-refractivity contribution in [3.05, 3.63) is 101 Å². The van der Waals surface area contributed by atoms with Gasteiger partial charge in [0.1, 0.15) is 5.75 Å². The van der Waals surface area contributed by atoms with Crippen LogP contribution in [0.25, 0.3) is 0 Å².